The van der Waals surface area contributed by atoms with Crippen LogP contribution in [0.15, 0.2) is 30.3 Å². The van der Waals surface area contributed by atoms with Crippen LogP contribution in [0.25, 0.3) is 0 Å². The zero-order chi connectivity index (χ0) is 17.3. The van der Waals surface area contributed by atoms with Gasteiger partial charge < -0.3 is 5.32 Å². The first-order valence-electron chi connectivity index (χ1n) is 8.23. The smallest absolute Gasteiger partial charge is 0.268 e. The lowest BCUT2D eigenvalue weighted by Gasteiger charge is -2.47. The minimum Gasteiger partial charge on any atom is -0.307 e. The fraction of sp³-hybridized carbons (Fsp3) is 0.611. The van der Waals surface area contributed by atoms with E-state index in [9.17, 15) is 10.0 Å². The third-order valence-electron chi connectivity index (χ3n) is 4.37. The van der Waals surface area contributed by atoms with Crippen molar-refractivity contribution in [2.45, 2.75) is 70.5 Å². The molecule has 1 unspecified atom stereocenters. The van der Waals surface area contributed by atoms with Crippen molar-refractivity contribution in [2.75, 3.05) is 0 Å². The summed E-state index contributed by atoms with van der Waals surface area (Å²) in [4.78, 5) is 12.4. The summed E-state index contributed by atoms with van der Waals surface area (Å²) in [6, 6.07) is 9.53. The number of carbonyl (C=O) groups excluding carboxylic acids is 1. The number of hydrogen-bond acceptors (Lipinski definition) is 4. The van der Waals surface area contributed by atoms with Crippen molar-refractivity contribution < 1.29 is 10.0 Å². The van der Waals surface area contributed by atoms with Gasteiger partial charge in [-0.05, 0) is 53.0 Å². The molecule has 0 bridgehead atoms. The van der Waals surface area contributed by atoms with E-state index in [0.29, 0.717) is 5.17 Å². The fourth-order valence-corrected chi connectivity index (χ4v) is 3.72. The molecule has 0 aliphatic carbocycles. The van der Waals surface area contributed by atoms with Gasteiger partial charge in [0.05, 0.1) is 5.92 Å². The summed E-state index contributed by atoms with van der Waals surface area (Å²) in [6.45, 7) is 10.4. The van der Waals surface area contributed by atoms with E-state index >= 15 is 0 Å². The van der Waals surface area contributed by atoms with Crippen LogP contribution in [-0.4, -0.2) is 33.4 Å². The Kier molecular flexibility index (Phi) is 5.14. The summed E-state index contributed by atoms with van der Waals surface area (Å²) in [7, 11) is 0. The first-order chi connectivity index (χ1) is 10.6. The third kappa shape index (κ3) is 4.77. The molecule has 0 spiro atoms. The summed E-state index contributed by atoms with van der Waals surface area (Å²) < 4.78 is 0. The Labute approximate surface area is 139 Å². The quantitative estimate of drug-likeness (QED) is 0.590. The van der Waals surface area contributed by atoms with E-state index in [0.717, 1.165) is 18.4 Å². The lowest BCUT2D eigenvalue weighted by atomic mass is 9.80. The molecule has 1 amide bonds. The first-order valence-corrected chi connectivity index (χ1v) is 8.23. The SMILES string of the molecule is CC(C(=O)N(O)NC1CC(C)(C)NC(C)(C)C1)c1ccccc1. The summed E-state index contributed by atoms with van der Waals surface area (Å²) >= 11 is 0. The van der Waals surface area contributed by atoms with Crippen LogP contribution in [0.1, 0.15) is 58.9 Å². The first kappa shape index (κ1) is 17.9. The zero-order valence-electron chi connectivity index (χ0n) is 14.8. The highest BCUT2D eigenvalue weighted by Crippen LogP contribution is 2.28. The predicted molar refractivity (Wildman–Crippen MR) is 90.9 cm³/mol. The molecule has 1 aromatic rings. The van der Waals surface area contributed by atoms with Gasteiger partial charge in [-0.3, -0.25) is 10.0 Å². The van der Waals surface area contributed by atoms with Gasteiger partial charge in [-0.15, -0.1) is 0 Å². The Morgan fingerprint density at radius 2 is 1.74 bits per heavy atom. The van der Waals surface area contributed by atoms with E-state index < -0.39 is 5.92 Å². The maximum Gasteiger partial charge on any atom is 0.268 e. The van der Waals surface area contributed by atoms with Gasteiger partial charge in [0.1, 0.15) is 0 Å². The number of piperidine rings is 1. The van der Waals surface area contributed by atoms with Crippen molar-refractivity contribution in [3.63, 3.8) is 0 Å². The van der Waals surface area contributed by atoms with Gasteiger partial charge in [-0.2, -0.15) is 5.17 Å². The molecular weight excluding hydrogens is 290 g/mol. The Hall–Kier alpha value is -1.43. The summed E-state index contributed by atoms with van der Waals surface area (Å²) in [6.07, 6.45) is 1.67. The molecule has 3 N–H and O–H groups in total. The number of hydrazine groups is 1. The third-order valence-corrected chi connectivity index (χ3v) is 4.37. The standard InChI is InChI=1S/C18H29N3O2/c1-13(14-9-7-6-8-10-14)16(22)21(23)19-15-11-17(2,3)20-18(4,5)12-15/h6-10,13,15,19-20,23H,11-12H2,1-5H3. The minimum absolute atomic E-state index is 0.0400. The average Bonchev–Trinajstić information content (AvgIpc) is 2.43. The monoisotopic (exact) mass is 319 g/mol. The van der Waals surface area contributed by atoms with E-state index in [1.165, 1.54) is 0 Å². The number of hydroxylamine groups is 1. The molecule has 1 aliphatic heterocycles. The molecule has 1 aromatic carbocycles. The fourth-order valence-electron chi connectivity index (χ4n) is 3.72. The van der Waals surface area contributed by atoms with Crippen LogP contribution in [0.5, 0.6) is 0 Å². The zero-order valence-corrected chi connectivity index (χ0v) is 14.8. The number of amides is 1. The van der Waals surface area contributed by atoms with Crippen LogP contribution < -0.4 is 10.7 Å². The molecule has 0 aromatic heterocycles. The van der Waals surface area contributed by atoms with E-state index in [4.69, 9.17) is 0 Å². The van der Waals surface area contributed by atoms with Gasteiger partial charge in [0.25, 0.3) is 5.91 Å². The van der Waals surface area contributed by atoms with Gasteiger partial charge in [0.2, 0.25) is 0 Å². The Morgan fingerprint density at radius 3 is 2.26 bits per heavy atom. The predicted octanol–water partition coefficient (Wildman–Crippen LogP) is 2.82. The summed E-state index contributed by atoms with van der Waals surface area (Å²) in [5, 5.41) is 14.5. The van der Waals surface area contributed by atoms with Crippen LogP contribution in [0.4, 0.5) is 0 Å². The average molecular weight is 319 g/mol. The highest BCUT2D eigenvalue weighted by molar-refractivity contribution is 5.81. The highest BCUT2D eigenvalue weighted by atomic mass is 16.6. The van der Waals surface area contributed by atoms with Crippen molar-refractivity contribution in [2.24, 2.45) is 0 Å². The topological polar surface area (TPSA) is 64.6 Å². The Bertz CT molecular complexity index is 526. The molecule has 0 radical (unpaired) electrons. The highest BCUT2D eigenvalue weighted by Gasteiger charge is 2.38. The number of nitrogens with zero attached hydrogens (tertiary/aromatic N) is 1. The molecule has 128 valence electrons. The molecule has 23 heavy (non-hydrogen) atoms. The molecule has 1 heterocycles. The molecular formula is C18H29N3O2. The molecule has 1 fully saturated rings. The van der Waals surface area contributed by atoms with Crippen LogP contribution in [0, 0.1) is 0 Å². The summed E-state index contributed by atoms with van der Waals surface area (Å²) in [5.74, 6) is -0.734. The van der Waals surface area contributed by atoms with E-state index in [2.05, 4.69) is 38.4 Å². The maximum absolute atomic E-state index is 12.4. The van der Waals surface area contributed by atoms with Crippen molar-refractivity contribution >= 4 is 5.91 Å². The van der Waals surface area contributed by atoms with Gasteiger partial charge in [-0.1, -0.05) is 30.3 Å². The van der Waals surface area contributed by atoms with Gasteiger partial charge in [0, 0.05) is 17.1 Å². The van der Waals surface area contributed by atoms with Gasteiger partial charge >= 0.3 is 0 Å². The molecule has 1 atom stereocenters. The van der Waals surface area contributed by atoms with Crippen molar-refractivity contribution in [1.29, 1.82) is 0 Å². The molecule has 0 saturated carbocycles. The van der Waals surface area contributed by atoms with Gasteiger partial charge in [0.15, 0.2) is 0 Å². The number of hydrogen-bond donors (Lipinski definition) is 3. The second kappa shape index (κ2) is 6.59. The molecule has 5 nitrogen and oxygen atoms in total. The lowest BCUT2D eigenvalue weighted by molar-refractivity contribution is -0.187. The second-order valence-electron chi connectivity index (χ2n) is 7.91. The van der Waals surface area contributed by atoms with Crippen molar-refractivity contribution in [1.82, 2.24) is 15.9 Å². The number of rotatable bonds is 4. The molecule has 5 heteroatoms. The number of benzene rings is 1. The minimum atomic E-state index is -0.392. The van der Waals surface area contributed by atoms with Crippen LogP contribution in [0.2, 0.25) is 0 Å². The van der Waals surface area contributed by atoms with Crippen LogP contribution in [-0.2, 0) is 4.79 Å². The second-order valence-corrected chi connectivity index (χ2v) is 7.91. The Balaban J connectivity index is 2.01. The summed E-state index contributed by atoms with van der Waals surface area (Å²) in [5.41, 5.74) is 3.78. The van der Waals surface area contributed by atoms with Crippen molar-refractivity contribution in [3.8, 4) is 0 Å². The van der Waals surface area contributed by atoms with E-state index in [1.807, 2.05) is 30.3 Å². The molecule has 2 rings (SSSR count). The normalized spacial score (nSPS) is 21.7. The van der Waals surface area contributed by atoms with E-state index in [-0.39, 0.29) is 23.0 Å². The van der Waals surface area contributed by atoms with Crippen LogP contribution in [0.3, 0.4) is 0 Å². The molecule has 1 saturated heterocycles. The largest absolute Gasteiger partial charge is 0.307 e. The Morgan fingerprint density at radius 1 is 1.22 bits per heavy atom. The number of carbonyl (C=O) groups is 1. The van der Waals surface area contributed by atoms with E-state index in [1.54, 1.807) is 6.92 Å². The number of nitrogens with one attached hydrogen (secondary N) is 2. The lowest BCUT2D eigenvalue weighted by Crippen LogP contribution is -2.63. The van der Waals surface area contributed by atoms with Gasteiger partial charge in [-0.25, -0.2) is 5.43 Å². The van der Waals surface area contributed by atoms with Crippen LogP contribution >= 0.6 is 0 Å². The maximum atomic E-state index is 12.4. The van der Waals surface area contributed by atoms with Crippen molar-refractivity contribution in [3.05, 3.63) is 35.9 Å². The molecule has 1 aliphatic rings.